The van der Waals surface area contributed by atoms with E-state index in [2.05, 4.69) is 0 Å². The molecule has 0 aliphatic heterocycles. The molecule has 18 heavy (non-hydrogen) atoms. The van der Waals surface area contributed by atoms with Gasteiger partial charge < -0.3 is 5.11 Å². The van der Waals surface area contributed by atoms with Crippen molar-refractivity contribution < 1.29 is 31.5 Å². The molecular weight excluding hydrogens is 275 g/mol. The minimum absolute atomic E-state index is 0.0911. The van der Waals surface area contributed by atoms with Crippen LogP contribution < -0.4 is 4.72 Å². The molecule has 0 aromatic heterocycles. The standard InChI is InChI=1S/C9H16F3NO4S/c1-2-4-7(8(14)15)13-18(16,17)6-3-5-9(10,11)12/h7,13H,2-6H2,1H3,(H,14,15)/t7-/m1/s1. The first-order chi connectivity index (χ1) is 8.07. The van der Waals surface area contributed by atoms with Crippen LogP contribution in [0.1, 0.15) is 32.6 Å². The molecule has 0 aromatic rings. The molecule has 0 amide bonds. The Kier molecular flexibility index (Phi) is 6.61. The van der Waals surface area contributed by atoms with E-state index in [0.29, 0.717) is 6.42 Å². The summed E-state index contributed by atoms with van der Waals surface area (Å²) in [5.74, 6) is -2.07. The summed E-state index contributed by atoms with van der Waals surface area (Å²) in [7, 11) is -4.00. The molecule has 0 bridgehead atoms. The minimum Gasteiger partial charge on any atom is -0.480 e. The second kappa shape index (κ2) is 6.93. The molecule has 0 spiro atoms. The fraction of sp³-hybridized carbons (Fsp3) is 0.889. The Hall–Kier alpha value is -0.830. The molecule has 0 saturated carbocycles. The third kappa shape index (κ3) is 8.29. The molecule has 0 rings (SSSR count). The highest BCUT2D eigenvalue weighted by Gasteiger charge is 2.28. The van der Waals surface area contributed by atoms with Crippen LogP contribution in [0.25, 0.3) is 0 Å². The lowest BCUT2D eigenvalue weighted by Crippen LogP contribution is -2.41. The zero-order valence-corrected chi connectivity index (χ0v) is 10.6. The number of rotatable bonds is 8. The summed E-state index contributed by atoms with van der Waals surface area (Å²) in [6.45, 7) is 1.67. The van der Waals surface area contributed by atoms with Gasteiger partial charge in [0.2, 0.25) is 10.0 Å². The Labute approximate surface area is 103 Å². The molecule has 1 atom stereocenters. The zero-order chi connectivity index (χ0) is 14.4. The van der Waals surface area contributed by atoms with Gasteiger partial charge in [0.1, 0.15) is 6.04 Å². The molecule has 0 saturated heterocycles. The maximum atomic E-state index is 11.8. The average Bonchev–Trinajstić information content (AvgIpc) is 2.13. The molecule has 0 aliphatic carbocycles. The van der Waals surface area contributed by atoms with Crippen LogP contribution in [0.5, 0.6) is 0 Å². The molecule has 2 N–H and O–H groups in total. The van der Waals surface area contributed by atoms with Crippen LogP contribution in [0.15, 0.2) is 0 Å². The summed E-state index contributed by atoms with van der Waals surface area (Å²) < 4.78 is 60.1. The number of sulfonamides is 1. The van der Waals surface area contributed by atoms with E-state index in [0.717, 1.165) is 0 Å². The Morgan fingerprint density at radius 1 is 1.39 bits per heavy atom. The monoisotopic (exact) mass is 291 g/mol. The maximum absolute atomic E-state index is 11.8. The number of hydrogen-bond acceptors (Lipinski definition) is 3. The molecular formula is C9H16F3NO4S. The lowest BCUT2D eigenvalue weighted by atomic mass is 10.2. The lowest BCUT2D eigenvalue weighted by Gasteiger charge is -2.14. The fourth-order valence-electron chi connectivity index (χ4n) is 1.26. The van der Waals surface area contributed by atoms with Crippen molar-refractivity contribution in [3.63, 3.8) is 0 Å². The summed E-state index contributed by atoms with van der Waals surface area (Å²) in [5, 5.41) is 8.72. The number of alkyl halides is 3. The molecule has 0 radical (unpaired) electrons. The van der Waals surface area contributed by atoms with Gasteiger partial charge in [0.05, 0.1) is 5.75 Å². The third-order valence-corrected chi connectivity index (χ3v) is 3.54. The van der Waals surface area contributed by atoms with E-state index < -0.39 is 46.8 Å². The van der Waals surface area contributed by atoms with Gasteiger partial charge in [0.15, 0.2) is 0 Å². The van der Waals surface area contributed by atoms with E-state index in [1.54, 1.807) is 6.92 Å². The van der Waals surface area contributed by atoms with E-state index in [9.17, 15) is 26.4 Å². The van der Waals surface area contributed by atoms with Crippen molar-refractivity contribution >= 4 is 16.0 Å². The van der Waals surface area contributed by atoms with Gasteiger partial charge in [0, 0.05) is 6.42 Å². The fourth-order valence-corrected chi connectivity index (χ4v) is 2.55. The Morgan fingerprint density at radius 3 is 2.33 bits per heavy atom. The van der Waals surface area contributed by atoms with Crippen LogP contribution in [0.3, 0.4) is 0 Å². The SMILES string of the molecule is CCC[C@@H](NS(=O)(=O)CCCC(F)(F)F)C(=O)O. The summed E-state index contributed by atoms with van der Waals surface area (Å²) in [6.07, 6.45) is -5.67. The van der Waals surface area contributed by atoms with Crippen molar-refractivity contribution in [3.05, 3.63) is 0 Å². The van der Waals surface area contributed by atoms with Crippen molar-refractivity contribution in [1.82, 2.24) is 4.72 Å². The highest BCUT2D eigenvalue weighted by Crippen LogP contribution is 2.21. The van der Waals surface area contributed by atoms with Crippen LogP contribution in [-0.2, 0) is 14.8 Å². The number of carbonyl (C=O) groups is 1. The van der Waals surface area contributed by atoms with Crippen LogP contribution in [-0.4, -0.2) is 37.5 Å². The smallest absolute Gasteiger partial charge is 0.389 e. The molecule has 0 heterocycles. The van der Waals surface area contributed by atoms with Crippen molar-refractivity contribution in [2.24, 2.45) is 0 Å². The van der Waals surface area contributed by atoms with Crippen molar-refractivity contribution in [2.75, 3.05) is 5.75 Å². The van der Waals surface area contributed by atoms with Gasteiger partial charge in [-0.05, 0) is 12.8 Å². The number of halogens is 3. The summed E-state index contributed by atoms with van der Waals surface area (Å²) >= 11 is 0. The van der Waals surface area contributed by atoms with Crippen molar-refractivity contribution in [1.29, 1.82) is 0 Å². The molecule has 5 nitrogen and oxygen atoms in total. The van der Waals surface area contributed by atoms with Gasteiger partial charge >= 0.3 is 12.1 Å². The number of hydrogen-bond donors (Lipinski definition) is 2. The molecule has 0 fully saturated rings. The van der Waals surface area contributed by atoms with Crippen LogP contribution in [0, 0.1) is 0 Å². The molecule has 9 heteroatoms. The molecule has 0 aromatic carbocycles. The van der Waals surface area contributed by atoms with Crippen LogP contribution in [0.2, 0.25) is 0 Å². The largest absolute Gasteiger partial charge is 0.480 e. The van der Waals surface area contributed by atoms with Gasteiger partial charge in [-0.15, -0.1) is 0 Å². The molecule has 0 unspecified atom stereocenters. The number of carboxylic acids is 1. The third-order valence-electron chi connectivity index (χ3n) is 2.07. The highest BCUT2D eigenvalue weighted by molar-refractivity contribution is 7.89. The Balaban J connectivity index is 4.33. The number of nitrogens with one attached hydrogen (secondary N) is 1. The highest BCUT2D eigenvalue weighted by atomic mass is 32.2. The van der Waals surface area contributed by atoms with Crippen molar-refractivity contribution in [3.8, 4) is 0 Å². The first kappa shape index (κ1) is 17.2. The zero-order valence-electron chi connectivity index (χ0n) is 9.83. The van der Waals surface area contributed by atoms with Gasteiger partial charge in [-0.2, -0.15) is 13.2 Å². The van der Waals surface area contributed by atoms with E-state index in [1.807, 2.05) is 4.72 Å². The Morgan fingerprint density at radius 2 is 1.94 bits per heavy atom. The van der Waals surface area contributed by atoms with Crippen molar-refractivity contribution in [2.45, 2.75) is 44.8 Å². The maximum Gasteiger partial charge on any atom is 0.389 e. The van der Waals surface area contributed by atoms with Gasteiger partial charge in [0.25, 0.3) is 0 Å². The predicted molar refractivity (Wildman–Crippen MR) is 58.5 cm³/mol. The Bertz CT molecular complexity index is 366. The van der Waals surface area contributed by atoms with Crippen LogP contribution >= 0.6 is 0 Å². The minimum atomic E-state index is -4.41. The van der Waals surface area contributed by atoms with Gasteiger partial charge in [-0.3, -0.25) is 4.79 Å². The van der Waals surface area contributed by atoms with Crippen LogP contribution in [0.4, 0.5) is 13.2 Å². The quantitative estimate of drug-likeness (QED) is 0.710. The molecule has 108 valence electrons. The predicted octanol–water partition coefficient (Wildman–Crippen LogP) is 1.50. The first-order valence-corrected chi connectivity index (χ1v) is 7.02. The van der Waals surface area contributed by atoms with E-state index in [-0.39, 0.29) is 6.42 Å². The second-order valence-electron chi connectivity index (χ2n) is 3.83. The summed E-state index contributed by atoms with van der Waals surface area (Å²) in [5.41, 5.74) is 0. The normalized spacial score (nSPS) is 14.4. The first-order valence-electron chi connectivity index (χ1n) is 5.37. The number of aliphatic carboxylic acids is 1. The number of carboxylic acid groups (broad SMARTS) is 1. The van der Waals surface area contributed by atoms with Gasteiger partial charge in [-0.25, -0.2) is 13.1 Å². The average molecular weight is 291 g/mol. The van der Waals surface area contributed by atoms with E-state index in [4.69, 9.17) is 5.11 Å². The van der Waals surface area contributed by atoms with Gasteiger partial charge in [-0.1, -0.05) is 13.3 Å². The summed E-state index contributed by atoms with van der Waals surface area (Å²) in [4.78, 5) is 10.7. The second-order valence-corrected chi connectivity index (χ2v) is 5.71. The van der Waals surface area contributed by atoms with E-state index >= 15 is 0 Å². The topological polar surface area (TPSA) is 83.5 Å². The molecule has 0 aliphatic rings. The van der Waals surface area contributed by atoms with E-state index in [1.165, 1.54) is 0 Å². The lowest BCUT2D eigenvalue weighted by molar-refractivity contribution is -0.139. The summed E-state index contributed by atoms with van der Waals surface area (Å²) in [6, 6.07) is -1.29.